The van der Waals surface area contributed by atoms with Crippen molar-refractivity contribution in [1.29, 1.82) is 0 Å². The van der Waals surface area contributed by atoms with E-state index < -0.39 is 18.6 Å². The van der Waals surface area contributed by atoms with E-state index in [-0.39, 0.29) is 11.8 Å². The number of amides is 1. The Morgan fingerprint density at radius 2 is 2.00 bits per heavy atom. The average molecular weight is 203 g/mol. The van der Waals surface area contributed by atoms with Gasteiger partial charge in [-0.15, -0.1) is 0 Å². The van der Waals surface area contributed by atoms with Crippen LogP contribution < -0.4 is 5.32 Å². The summed E-state index contributed by atoms with van der Waals surface area (Å²) in [5.74, 6) is -0.680. The summed E-state index contributed by atoms with van der Waals surface area (Å²) < 4.78 is 4.40. The summed E-state index contributed by atoms with van der Waals surface area (Å²) in [7, 11) is 1.21. The van der Waals surface area contributed by atoms with Crippen LogP contribution in [0.2, 0.25) is 0 Å². The zero-order valence-electron chi connectivity index (χ0n) is 8.74. The monoisotopic (exact) mass is 203 g/mol. The highest BCUT2D eigenvalue weighted by atomic mass is 16.5. The number of methoxy groups -OCH3 is 1. The van der Waals surface area contributed by atoms with Crippen LogP contribution in [0.15, 0.2) is 0 Å². The Balaban J connectivity index is 4.05. The van der Waals surface area contributed by atoms with Crippen LogP contribution in [0.1, 0.15) is 20.3 Å². The third kappa shape index (κ3) is 4.81. The summed E-state index contributed by atoms with van der Waals surface area (Å²) in [6.45, 7) is 3.34. The van der Waals surface area contributed by atoms with Gasteiger partial charge in [0.1, 0.15) is 0 Å². The van der Waals surface area contributed by atoms with Crippen molar-refractivity contribution in [2.24, 2.45) is 5.92 Å². The highest BCUT2D eigenvalue weighted by Gasteiger charge is 2.20. The van der Waals surface area contributed by atoms with Crippen molar-refractivity contribution in [2.75, 3.05) is 13.7 Å². The highest BCUT2D eigenvalue weighted by molar-refractivity contribution is 5.84. The molecule has 0 fully saturated rings. The maximum absolute atomic E-state index is 11.2. The molecule has 14 heavy (non-hydrogen) atoms. The van der Waals surface area contributed by atoms with Crippen molar-refractivity contribution in [3.63, 3.8) is 0 Å². The first-order valence-electron chi connectivity index (χ1n) is 4.49. The molecule has 0 aromatic carbocycles. The topological polar surface area (TPSA) is 75.6 Å². The maximum atomic E-state index is 11.2. The van der Waals surface area contributed by atoms with Crippen LogP contribution in [0.4, 0.5) is 0 Å². The van der Waals surface area contributed by atoms with Crippen LogP contribution >= 0.6 is 0 Å². The molecule has 5 nitrogen and oxygen atoms in total. The SMILES string of the molecule is COC(=O)[C@H](CO)NC(=O)CC(C)C. The first kappa shape index (κ1) is 12.9. The molecule has 1 amide bonds. The van der Waals surface area contributed by atoms with Gasteiger partial charge in [-0.3, -0.25) is 4.79 Å². The van der Waals surface area contributed by atoms with Gasteiger partial charge in [-0.1, -0.05) is 13.8 Å². The zero-order chi connectivity index (χ0) is 11.1. The molecular formula is C9H17NO4. The molecule has 0 heterocycles. The summed E-state index contributed by atoms with van der Waals surface area (Å²) >= 11 is 0. The van der Waals surface area contributed by atoms with E-state index in [4.69, 9.17) is 5.11 Å². The molecule has 0 aliphatic carbocycles. The standard InChI is InChI=1S/C9H17NO4/c1-6(2)4-8(12)10-7(5-11)9(13)14-3/h6-7,11H,4-5H2,1-3H3,(H,10,12)/t7-/m0/s1. The number of hydrogen-bond acceptors (Lipinski definition) is 4. The molecule has 2 N–H and O–H groups in total. The molecule has 82 valence electrons. The lowest BCUT2D eigenvalue weighted by Gasteiger charge is -2.14. The van der Waals surface area contributed by atoms with Crippen molar-refractivity contribution in [3.8, 4) is 0 Å². The van der Waals surface area contributed by atoms with Gasteiger partial charge in [0.15, 0.2) is 6.04 Å². The normalized spacial score (nSPS) is 12.4. The van der Waals surface area contributed by atoms with E-state index in [1.165, 1.54) is 7.11 Å². The molecule has 5 heteroatoms. The van der Waals surface area contributed by atoms with Crippen LogP contribution in [0.3, 0.4) is 0 Å². The summed E-state index contributed by atoms with van der Waals surface area (Å²) in [6.07, 6.45) is 0.327. The number of aliphatic hydroxyl groups excluding tert-OH is 1. The fourth-order valence-corrected chi connectivity index (χ4v) is 0.945. The average Bonchev–Trinajstić information content (AvgIpc) is 2.11. The van der Waals surface area contributed by atoms with Gasteiger partial charge < -0.3 is 15.2 Å². The fraction of sp³-hybridized carbons (Fsp3) is 0.778. The van der Waals surface area contributed by atoms with Gasteiger partial charge in [0.25, 0.3) is 0 Å². The van der Waals surface area contributed by atoms with E-state index in [0.29, 0.717) is 6.42 Å². The van der Waals surface area contributed by atoms with Gasteiger partial charge in [-0.05, 0) is 5.92 Å². The number of carbonyl (C=O) groups excluding carboxylic acids is 2. The van der Waals surface area contributed by atoms with Crippen LogP contribution in [-0.4, -0.2) is 36.7 Å². The molecule has 0 saturated carbocycles. The van der Waals surface area contributed by atoms with Crippen molar-refractivity contribution < 1.29 is 19.4 Å². The minimum atomic E-state index is -0.953. The van der Waals surface area contributed by atoms with Gasteiger partial charge >= 0.3 is 5.97 Å². The summed E-state index contributed by atoms with van der Waals surface area (Å²) in [5.41, 5.74) is 0. The summed E-state index contributed by atoms with van der Waals surface area (Å²) in [6, 6.07) is -0.953. The van der Waals surface area contributed by atoms with Gasteiger partial charge in [0.05, 0.1) is 13.7 Å². The number of nitrogens with one attached hydrogen (secondary N) is 1. The van der Waals surface area contributed by atoms with Crippen molar-refractivity contribution in [3.05, 3.63) is 0 Å². The lowest BCUT2D eigenvalue weighted by molar-refractivity contribution is -0.146. The fourth-order valence-electron chi connectivity index (χ4n) is 0.945. The molecule has 0 rings (SSSR count). The maximum Gasteiger partial charge on any atom is 0.330 e. The molecule has 0 aliphatic heterocycles. The van der Waals surface area contributed by atoms with Crippen molar-refractivity contribution in [1.82, 2.24) is 5.32 Å². The number of rotatable bonds is 5. The van der Waals surface area contributed by atoms with E-state index in [0.717, 1.165) is 0 Å². The van der Waals surface area contributed by atoms with Crippen molar-refractivity contribution >= 4 is 11.9 Å². The van der Waals surface area contributed by atoms with Crippen LogP contribution in [0.25, 0.3) is 0 Å². The smallest absolute Gasteiger partial charge is 0.330 e. The highest BCUT2D eigenvalue weighted by Crippen LogP contribution is 1.99. The number of hydrogen-bond donors (Lipinski definition) is 2. The molecule has 0 spiro atoms. The first-order chi connectivity index (χ1) is 6.51. The third-order valence-electron chi connectivity index (χ3n) is 1.60. The quantitative estimate of drug-likeness (QED) is 0.601. The molecule has 0 aromatic heterocycles. The van der Waals surface area contributed by atoms with E-state index in [1.807, 2.05) is 13.8 Å². The van der Waals surface area contributed by atoms with Crippen LogP contribution in [0, 0.1) is 5.92 Å². The number of ether oxygens (including phenoxy) is 1. The van der Waals surface area contributed by atoms with Crippen molar-refractivity contribution in [2.45, 2.75) is 26.3 Å². The molecule has 0 bridgehead atoms. The van der Waals surface area contributed by atoms with Crippen LogP contribution in [-0.2, 0) is 14.3 Å². The predicted octanol–water partition coefficient (Wildman–Crippen LogP) is -0.317. The second kappa shape index (κ2) is 6.37. The molecular weight excluding hydrogens is 186 g/mol. The number of aliphatic hydroxyl groups is 1. The Bertz CT molecular complexity index is 203. The lowest BCUT2D eigenvalue weighted by atomic mass is 10.1. The second-order valence-corrected chi connectivity index (χ2v) is 3.42. The van der Waals surface area contributed by atoms with E-state index >= 15 is 0 Å². The van der Waals surface area contributed by atoms with E-state index in [1.54, 1.807) is 0 Å². The lowest BCUT2D eigenvalue weighted by Crippen LogP contribution is -2.44. The number of carbonyl (C=O) groups is 2. The van der Waals surface area contributed by atoms with E-state index in [2.05, 4.69) is 10.1 Å². The minimum Gasteiger partial charge on any atom is -0.467 e. The third-order valence-corrected chi connectivity index (χ3v) is 1.60. The number of esters is 1. The second-order valence-electron chi connectivity index (χ2n) is 3.42. The Labute approximate surface area is 83.4 Å². The molecule has 0 aromatic rings. The Hall–Kier alpha value is -1.10. The minimum absolute atomic E-state index is 0.215. The van der Waals surface area contributed by atoms with Crippen LogP contribution in [0.5, 0.6) is 0 Å². The first-order valence-corrected chi connectivity index (χ1v) is 4.49. The van der Waals surface area contributed by atoms with Gasteiger partial charge in [-0.25, -0.2) is 4.79 Å². The Morgan fingerprint density at radius 3 is 2.36 bits per heavy atom. The summed E-state index contributed by atoms with van der Waals surface area (Å²) in [5, 5.41) is 11.2. The Morgan fingerprint density at radius 1 is 1.43 bits per heavy atom. The van der Waals surface area contributed by atoms with Gasteiger partial charge in [0.2, 0.25) is 5.91 Å². The molecule has 0 saturated heterocycles. The molecule has 1 atom stereocenters. The zero-order valence-corrected chi connectivity index (χ0v) is 8.74. The van der Waals surface area contributed by atoms with E-state index in [9.17, 15) is 9.59 Å². The Kier molecular flexibility index (Phi) is 5.87. The molecule has 0 radical (unpaired) electrons. The molecule has 0 unspecified atom stereocenters. The molecule has 0 aliphatic rings. The van der Waals surface area contributed by atoms with Gasteiger partial charge in [0, 0.05) is 6.42 Å². The summed E-state index contributed by atoms with van der Waals surface area (Å²) in [4.78, 5) is 22.2. The predicted molar refractivity (Wildman–Crippen MR) is 50.5 cm³/mol. The largest absolute Gasteiger partial charge is 0.467 e. The van der Waals surface area contributed by atoms with Gasteiger partial charge in [-0.2, -0.15) is 0 Å².